The molecule has 5 nitrogen and oxygen atoms in total. The molecule has 2 aromatic rings. The van der Waals surface area contributed by atoms with E-state index in [1.165, 1.54) is 24.3 Å². The van der Waals surface area contributed by atoms with Gasteiger partial charge in [0.05, 0.1) is 24.2 Å². The molecule has 2 atom stereocenters. The van der Waals surface area contributed by atoms with E-state index in [0.29, 0.717) is 5.56 Å². The van der Waals surface area contributed by atoms with Crippen molar-refractivity contribution in [3.63, 3.8) is 0 Å². The van der Waals surface area contributed by atoms with Crippen molar-refractivity contribution in [2.75, 3.05) is 6.61 Å². The van der Waals surface area contributed by atoms with E-state index in [2.05, 4.69) is 0 Å². The number of benzene rings is 2. The van der Waals surface area contributed by atoms with Gasteiger partial charge in [-0.1, -0.05) is 42.5 Å². The van der Waals surface area contributed by atoms with E-state index in [1.807, 2.05) is 30.3 Å². The summed E-state index contributed by atoms with van der Waals surface area (Å²) in [6, 6.07) is 12.2. The number of aliphatic hydroxyl groups is 2. The maximum atomic E-state index is 12.5. The van der Waals surface area contributed by atoms with Crippen molar-refractivity contribution >= 4 is 5.78 Å². The smallest absolute Gasteiger partial charge is 0.170 e. The van der Waals surface area contributed by atoms with Crippen molar-refractivity contribution in [2.24, 2.45) is 0 Å². The lowest BCUT2D eigenvalue weighted by Crippen LogP contribution is -2.22. The minimum atomic E-state index is -1.19. The fourth-order valence-electron chi connectivity index (χ4n) is 2.82. The number of carbonyl (C=O) groups is 1. The number of hydrogen-bond donors (Lipinski definition) is 3. The van der Waals surface area contributed by atoms with Gasteiger partial charge < -0.3 is 20.1 Å². The normalized spacial score (nSPS) is 18.2. The monoisotopic (exact) mass is 326 g/mol. The van der Waals surface area contributed by atoms with E-state index >= 15 is 0 Å². The summed E-state index contributed by atoms with van der Waals surface area (Å²) in [7, 11) is 0. The van der Waals surface area contributed by atoms with E-state index in [4.69, 9.17) is 9.84 Å². The molecule has 0 aromatic heterocycles. The standard InChI is InChI=1S/C19H18O5/c20-10-4-7-14(21)18-15(22)9-8-13-16(23)11-17(24-19(13)18)12-5-2-1-3-6-12/h1-9,14,17,20-22H,10-11H2/b7-4+. The van der Waals surface area contributed by atoms with Crippen molar-refractivity contribution in [2.45, 2.75) is 18.6 Å². The molecule has 1 aliphatic rings. The SMILES string of the molecule is O=C1CC(c2ccccc2)Oc2c1ccc(O)c2C(O)/C=C/CO. The molecule has 0 aliphatic carbocycles. The van der Waals surface area contributed by atoms with Crippen molar-refractivity contribution in [1.82, 2.24) is 0 Å². The lowest BCUT2D eigenvalue weighted by atomic mass is 9.92. The van der Waals surface area contributed by atoms with Gasteiger partial charge in [0.25, 0.3) is 0 Å². The van der Waals surface area contributed by atoms with Gasteiger partial charge in [0.15, 0.2) is 5.78 Å². The summed E-state index contributed by atoms with van der Waals surface area (Å²) in [6.07, 6.45) is 1.25. The van der Waals surface area contributed by atoms with Gasteiger partial charge >= 0.3 is 0 Å². The number of aliphatic hydroxyl groups excluding tert-OH is 2. The van der Waals surface area contributed by atoms with E-state index in [0.717, 1.165) is 5.56 Å². The topological polar surface area (TPSA) is 87.0 Å². The van der Waals surface area contributed by atoms with Crippen LogP contribution in [0, 0.1) is 0 Å². The van der Waals surface area contributed by atoms with Crippen LogP contribution in [0.4, 0.5) is 0 Å². The molecule has 2 aromatic carbocycles. The molecule has 0 fully saturated rings. The van der Waals surface area contributed by atoms with Crippen LogP contribution in [0.15, 0.2) is 54.6 Å². The average molecular weight is 326 g/mol. The number of fused-ring (bicyclic) bond motifs is 1. The molecule has 3 rings (SSSR count). The van der Waals surface area contributed by atoms with Crippen LogP contribution in [-0.4, -0.2) is 27.7 Å². The summed E-state index contributed by atoms with van der Waals surface area (Å²) in [6.45, 7) is -0.237. The molecule has 1 aliphatic heterocycles. The zero-order valence-electron chi connectivity index (χ0n) is 12.9. The Hall–Kier alpha value is -2.63. The number of phenols is 1. The number of rotatable bonds is 4. The Morgan fingerprint density at radius 2 is 1.96 bits per heavy atom. The molecule has 124 valence electrons. The maximum Gasteiger partial charge on any atom is 0.170 e. The van der Waals surface area contributed by atoms with Crippen LogP contribution in [0.25, 0.3) is 0 Å². The summed E-state index contributed by atoms with van der Waals surface area (Å²) in [5, 5.41) is 29.3. The third kappa shape index (κ3) is 3.04. The number of carbonyl (C=O) groups excluding carboxylic acids is 1. The van der Waals surface area contributed by atoms with Gasteiger partial charge in [0.2, 0.25) is 0 Å². The first-order valence-corrected chi connectivity index (χ1v) is 7.68. The minimum absolute atomic E-state index is 0.107. The van der Waals surface area contributed by atoms with Crippen LogP contribution in [0.3, 0.4) is 0 Å². The van der Waals surface area contributed by atoms with Crippen LogP contribution in [0.5, 0.6) is 11.5 Å². The van der Waals surface area contributed by atoms with Crippen molar-refractivity contribution in [3.05, 3.63) is 71.3 Å². The predicted molar refractivity (Wildman–Crippen MR) is 88.1 cm³/mol. The average Bonchev–Trinajstić information content (AvgIpc) is 2.60. The Morgan fingerprint density at radius 3 is 2.67 bits per heavy atom. The van der Waals surface area contributed by atoms with Gasteiger partial charge in [0, 0.05) is 0 Å². The fourth-order valence-corrected chi connectivity index (χ4v) is 2.82. The molecule has 0 radical (unpaired) electrons. The number of ketones is 1. The van der Waals surface area contributed by atoms with Crippen LogP contribution >= 0.6 is 0 Å². The van der Waals surface area contributed by atoms with Crippen LogP contribution in [0.2, 0.25) is 0 Å². The molecule has 0 saturated carbocycles. The Balaban J connectivity index is 2.05. The minimum Gasteiger partial charge on any atom is -0.507 e. The Kier molecular flexibility index (Phi) is 4.64. The molecule has 3 N–H and O–H groups in total. The molecule has 0 saturated heterocycles. The van der Waals surface area contributed by atoms with Crippen LogP contribution in [0.1, 0.15) is 40.1 Å². The zero-order valence-corrected chi connectivity index (χ0v) is 12.9. The Bertz CT molecular complexity index is 767. The summed E-state index contributed by atoms with van der Waals surface area (Å²) in [5.74, 6) is -0.0785. The van der Waals surface area contributed by atoms with Gasteiger partial charge in [-0.3, -0.25) is 4.79 Å². The zero-order chi connectivity index (χ0) is 17.1. The number of ether oxygens (including phenoxy) is 1. The Labute approximate surface area is 139 Å². The highest BCUT2D eigenvalue weighted by atomic mass is 16.5. The first-order valence-electron chi connectivity index (χ1n) is 7.68. The van der Waals surface area contributed by atoms with Crippen molar-refractivity contribution in [1.29, 1.82) is 0 Å². The Morgan fingerprint density at radius 1 is 1.21 bits per heavy atom. The molecular weight excluding hydrogens is 308 g/mol. The summed E-state index contributed by atoms with van der Waals surface area (Å²) >= 11 is 0. The summed E-state index contributed by atoms with van der Waals surface area (Å²) in [4.78, 5) is 12.5. The third-order valence-electron chi connectivity index (χ3n) is 4.00. The third-order valence-corrected chi connectivity index (χ3v) is 4.00. The number of hydrogen-bond acceptors (Lipinski definition) is 5. The number of aromatic hydroxyl groups is 1. The summed E-state index contributed by atoms with van der Waals surface area (Å²) in [5.41, 5.74) is 1.32. The second-order valence-electron chi connectivity index (χ2n) is 5.58. The van der Waals surface area contributed by atoms with E-state index in [-0.39, 0.29) is 35.9 Å². The quantitative estimate of drug-likeness (QED) is 0.752. The molecule has 0 amide bonds. The summed E-state index contributed by atoms with van der Waals surface area (Å²) < 4.78 is 5.96. The first-order chi connectivity index (χ1) is 11.6. The fraction of sp³-hybridized carbons (Fsp3) is 0.211. The van der Waals surface area contributed by atoms with Gasteiger partial charge in [-0.15, -0.1) is 0 Å². The van der Waals surface area contributed by atoms with E-state index in [9.17, 15) is 15.0 Å². The van der Waals surface area contributed by atoms with Gasteiger partial charge in [0.1, 0.15) is 23.7 Å². The highest BCUT2D eigenvalue weighted by Crippen LogP contribution is 2.43. The molecule has 0 spiro atoms. The lowest BCUT2D eigenvalue weighted by Gasteiger charge is -2.28. The second kappa shape index (κ2) is 6.86. The van der Waals surface area contributed by atoms with Crippen molar-refractivity contribution in [3.8, 4) is 11.5 Å². The molecule has 2 unspecified atom stereocenters. The van der Waals surface area contributed by atoms with E-state index in [1.54, 1.807) is 0 Å². The van der Waals surface area contributed by atoms with Gasteiger partial charge in [-0.05, 0) is 17.7 Å². The highest BCUT2D eigenvalue weighted by molar-refractivity contribution is 6.00. The van der Waals surface area contributed by atoms with Gasteiger partial charge in [-0.2, -0.15) is 0 Å². The highest BCUT2D eigenvalue weighted by Gasteiger charge is 2.32. The lowest BCUT2D eigenvalue weighted by molar-refractivity contribution is 0.0840. The van der Waals surface area contributed by atoms with Gasteiger partial charge in [-0.25, -0.2) is 0 Å². The van der Waals surface area contributed by atoms with Crippen LogP contribution in [-0.2, 0) is 0 Å². The molecule has 0 bridgehead atoms. The second-order valence-corrected chi connectivity index (χ2v) is 5.58. The number of phenolic OH excluding ortho intramolecular Hbond substituents is 1. The first kappa shape index (κ1) is 16.2. The van der Waals surface area contributed by atoms with E-state index < -0.39 is 12.2 Å². The van der Waals surface area contributed by atoms with Crippen molar-refractivity contribution < 1.29 is 24.9 Å². The molecule has 5 heteroatoms. The number of Topliss-reactive ketones (excluding diaryl/α,β-unsaturated/α-hetero) is 1. The van der Waals surface area contributed by atoms with Crippen LogP contribution < -0.4 is 4.74 Å². The predicted octanol–water partition coefficient (Wildman–Crippen LogP) is 2.68. The maximum absolute atomic E-state index is 12.5. The molecule has 24 heavy (non-hydrogen) atoms. The largest absolute Gasteiger partial charge is 0.507 e. The molecule has 1 heterocycles. The molecular formula is C19H18O5.